The van der Waals surface area contributed by atoms with Gasteiger partial charge in [-0.2, -0.15) is 0 Å². The van der Waals surface area contributed by atoms with Crippen LogP contribution in [-0.4, -0.2) is 10.1 Å². The first kappa shape index (κ1) is 12.7. The molecular weight excluding hydrogens is 266 g/mol. The Morgan fingerprint density at radius 2 is 2.00 bits per heavy atom. The second-order valence-electron chi connectivity index (χ2n) is 4.54. The Kier molecular flexibility index (Phi) is 3.41. The van der Waals surface area contributed by atoms with Crippen molar-refractivity contribution in [2.45, 2.75) is 13.3 Å². The van der Waals surface area contributed by atoms with Crippen LogP contribution in [-0.2, 0) is 6.42 Å². The van der Waals surface area contributed by atoms with E-state index in [2.05, 4.69) is 29.0 Å². The minimum atomic E-state index is 0.205. The molecule has 0 spiro atoms. The fourth-order valence-corrected chi connectivity index (χ4v) is 2.93. The standard InChI is InChI=1S/C17H13NOS/c1-12-18-17-15(19)10-14(11-16(17)20-12)9-5-8-13-6-3-2-4-7-13/h2-4,6-7,10-11,19H,8H2,1H3. The topological polar surface area (TPSA) is 33.1 Å². The maximum atomic E-state index is 9.96. The number of rotatable bonds is 1. The molecule has 3 rings (SSSR count). The lowest BCUT2D eigenvalue weighted by atomic mass is 10.1. The van der Waals surface area contributed by atoms with Gasteiger partial charge < -0.3 is 5.11 Å². The van der Waals surface area contributed by atoms with E-state index in [0.717, 1.165) is 15.3 Å². The van der Waals surface area contributed by atoms with E-state index in [0.29, 0.717) is 11.9 Å². The Balaban J connectivity index is 1.88. The van der Waals surface area contributed by atoms with Gasteiger partial charge in [0.05, 0.1) is 9.71 Å². The van der Waals surface area contributed by atoms with Crippen LogP contribution in [0.5, 0.6) is 5.75 Å². The summed E-state index contributed by atoms with van der Waals surface area (Å²) in [4.78, 5) is 4.30. The van der Waals surface area contributed by atoms with E-state index < -0.39 is 0 Å². The van der Waals surface area contributed by atoms with Gasteiger partial charge in [0.15, 0.2) is 0 Å². The van der Waals surface area contributed by atoms with E-state index >= 15 is 0 Å². The van der Waals surface area contributed by atoms with Crippen molar-refractivity contribution in [1.82, 2.24) is 4.98 Å². The highest BCUT2D eigenvalue weighted by Gasteiger charge is 2.06. The van der Waals surface area contributed by atoms with Crippen LogP contribution in [0.4, 0.5) is 0 Å². The fourth-order valence-electron chi connectivity index (χ4n) is 2.04. The van der Waals surface area contributed by atoms with Crippen molar-refractivity contribution < 1.29 is 5.11 Å². The number of phenolic OH excluding ortho intramolecular Hbond substituents is 1. The molecule has 0 aliphatic carbocycles. The lowest BCUT2D eigenvalue weighted by Crippen LogP contribution is -1.80. The van der Waals surface area contributed by atoms with Crippen LogP contribution in [0, 0.1) is 18.8 Å². The van der Waals surface area contributed by atoms with Crippen LogP contribution >= 0.6 is 11.3 Å². The average Bonchev–Trinajstić information content (AvgIpc) is 2.81. The Hall–Kier alpha value is -2.31. The lowest BCUT2D eigenvalue weighted by molar-refractivity contribution is 0.480. The highest BCUT2D eigenvalue weighted by Crippen LogP contribution is 2.30. The highest BCUT2D eigenvalue weighted by atomic mass is 32.1. The summed E-state index contributed by atoms with van der Waals surface area (Å²) in [6.07, 6.45) is 0.710. The molecule has 1 heterocycles. The van der Waals surface area contributed by atoms with Crippen molar-refractivity contribution in [3.8, 4) is 17.6 Å². The summed E-state index contributed by atoms with van der Waals surface area (Å²) in [6.45, 7) is 1.94. The van der Waals surface area contributed by atoms with Gasteiger partial charge in [-0.3, -0.25) is 0 Å². The van der Waals surface area contributed by atoms with Gasteiger partial charge in [0.2, 0.25) is 0 Å². The van der Waals surface area contributed by atoms with Crippen molar-refractivity contribution >= 4 is 21.6 Å². The summed E-state index contributed by atoms with van der Waals surface area (Å²) in [5, 5.41) is 10.9. The molecule has 3 aromatic rings. The molecule has 0 aliphatic rings. The third-order valence-electron chi connectivity index (χ3n) is 2.95. The molecule has 0 saturated heterocycles. The zero-order chi connectivity index (χ0) is 13.9. The number of hydrogen-bond donors (Lipinski definition) is 1. The van der Waals surface area contributed by atoms with Crippen molar-refractivity contribution in [3.05, 3.63) is 58.6 Å². The van der Waals surface area contributed by atoms with E-state index in [1.165, 1.54) is 5.56 Å². The molecule has 0 bridgehead atoms. The smallest absolute Gasteiger partial charge is 0.143 e. The van der Waals surface area contributed by atoms with Crippen LogP contribution in [0.2, 0.25) is 0 Å². The van der Waals surface area contributed by atoms with Crippen molar-refractivity contribution in [1.29, 1.82) is 0 Å². The zero-order valence-corrected chi connectivity index (χ0v) is 11.9. The number of aromatic nitrogens is 1. The quantitative estimate of drug-likeness (QED) is 0.685. The van der Waals surface area contributed by atoms with Gasteiger partial charge in [0.25, 0.3) is 0 Å². The maximum Gasteiger partial charge on any atom is 0.143 e. The summed E-state index contributed by atoms with van der Waals surface area (Å²) in [7, 11) is 0. The van der Waals surface area contributed by atoms with E-state index in [9.17, 15) is 5.11 Å². The average molecular weight is 279 g/mol. The molecule has 0 atom stereocenters. The van der Waals surface area contributed by atoms with Crippen LogP contribution in [0.1, 0.15) is 16.1 Å². The largest absolute Gasteiger partial charge is 0.506 e. The second kappa shape index (κ2) is 5.36. The van der Waals surface area contributed by atoms with Gasteiger partial charge in [-0.25, -0.2) is 4.98 Å². The number of phenols is 1. The molecule has 3 heteroatoms. The first-order valence-electron chi connectivity index (χ1n) is 6.35. The van der Waals surface area contributed by atoms with Gasteiger partial charge >= 0.3 is 0 Å². The monoisotopic (exact) mass is 279 g/mol. The Morgan fingerprint density at radius 3 is 2.80 bits per heavy atom. The van der Waals surface area contributed by atoms with Crippen molar-refractivity contribution in [2.24, 2.45) is 0 Å². The summed E-state index contributed by atoms with van der Waals surface area (Å²) < 4.78 is 0.978. The van der Waals surface area contributed by atoms with Gasteiger partial charge in [0.1, 0.15) is 11.3 Å². The van der Waals surface area contributed by atoms with E-state index in [4.69, 9.17) is 0 Å². The molecule has 0 radical (unpaired) electrons. The molecule has 1 aromatic heterocycles. The third-order valence-corrected chi connectivity index (χ3v) is 3.87. The third kappa shape index (κ3) is 2.66. The molecule has 0 saturated carbocycles. The number of aryl methyl sites for hydroxylation is 1. The predicted octanol–water partition coefficient (Wildman–Crippen LogP) is 3.90. The number of hydrogen-bond acceptors (Lipinski definition) is 3. The molecule has 1 N–H and O–H groups in total. The van der Waals surface area contributed by atoms with Crippen LogP contribution < -0.4 is 0 Å². The zero-order valence-electron chi connectivity index (χ0n) is 11.1. The van der Waals surface area contributed by atoms with Gasteiger partial charge in [-0.1, -0.05) is 42.2 Å². The lowest BCUT2D eigenvalue weighted by Gasteiger charge is -1.95. The van der Waals surface area contributed by atoms with Crippen LogP contribution in [0.3, 0.4) is 0 Å². The van der Waals surface area contributed by atoms with Gasteiger partial charge in [-0.05, 0) is 24.6 Å². The molecule has 0 aliphatic heterocycles. The van der Waals surface area contributed by atoms with Gasteiger partial charge in [-0.15, -0.1) is 11.3 Å². The number of fused-ring (bicyclic) bond motifs is 1. The summed E-state index contributed by atoms with van der Waals surface area (Å²) in [5.74, 6) is 6.45. The SMILES string of the molecule is Cc1nc2c(O)cc(C#CCc3ccccc3)cc2s1. The molecule has 2 aromatic carbocycles. The van der Waals surface area contributed by atoms with Crippen molar-refractivity contribution in [3.63, 3.8) is 0 Å². The van der Waals surface area contributed by atoms with Gasteiger partial charge in [0, 0.05) is 12.0 Å². The summed E-state index contributed by atoms with van der Waals surface area (Å²) in [6, 6.07) is 13.8. The minimum absolute atomic E-state index is 0.205. The Bertz CT molecular complexity index is 809. The molecule has 98 valence electrons. The fraction of sp³-hybridized carbons (Fsp3) is 0.118. The van der Waals surface area contributed by atoms with Crippen molar-refractivity contribution in [2.75, 3.05) is 0 Å². The number of benzene rings is 2. The second-order valence-corrected chi connectivity index (χ2v) is 5.77. The minimum Gasteiger partial charge on any atom is -0.506 e. The summed E-state index contributed by atoms with van der Waals surface area (Å²) >= 11 is 1.57. The maximum absolute atomic E-state index is 9.96. The molecule has 0 fully saturated rings. The van der Waals surface area contributed by atoms with E-state index in [-0.39, 0.29) is 5.75 Å². The molecule has 20 heavy (non-hydrogen) atoms. The summed E-state index contributed by atoms with van der Waals surface area (Å²) in [5.41, 5.74) is 2.69. The number of nitrogens with zero attached hydrogens (tertiary/aromatic N) is 1. The molecular formula is C17H13NOS. The van der Waals surface area contributed by atoms with E-state index in [1.54, 1.807) is 17.4 Å². The predicted molar refractivity (Wildman–Crippen MR) is 83.0 cm³/mol. The first-order valence-corrected chi connectivity index (χ1v) is 7.17. The highest BCUT2D eigenvalue weighted by molar-refractivity contribution is 7.18. The Morgan fingerprint density at radius 1 is 1.20 bits per heavy atom. The number of aromatic hydroxyl groups is 1. The normalized spacial score (nSPS) is 10.2. The number of thiazole rings is 1. The van der Waals surface area contributed by atoms with E-state index in [1.807, 2.05) is 31.2 Å². The van der Waals surface area contributed by atoms with Crippen LogP contribution in [0.25, 0.3) is 10.2 Å². The molecule has 0 unspecified atom stereocenters. The molecule has 2 nitrogen and oxygen atoms in total. The van der Waals surface area contributed by atoms with Crippen LogP contribution in [0.15, 0.2) is 42.5 Å². The Labute approximate surface area is 121 Å². The first-order chi connectivity index (χ1) is 9.72. The molecule has 0 amide bonds.